The summed E-state index contributed by atoms with van der Waals surface area (Å²) in [5.41, 5.74) is 5.99. The van der Waals surface area contributed by atoms with Gasteiger partial charge >= 0.3 is 5.97 Å². The van der Waals surface area contributed by atoms with E-state index in [0.29, 0.717) is 23.7 Å². The van der Waals surface area contributed by atoms with Crippen LogP contribution in [0, 0.1) is 5.92 Å². The molecule has 2 aromatic carbocycles. The van der Waals surface area contributed by atoms with E-state index in [9.17, 15) is 9.59 Å². The number of primary amides is 1. The van der Waals surface area contributed by atoms with Crippen molar-refractivity contribution in [2.24, 2.45) is 11.7 Å². The first-order chi connectivity index (χ1) is 12.8. The molecule has 0 aliphatic carbocycles. The van der Waals surface area contributed by atoms with Crippen LogP contribution in [-0.2, 0) is 9.53 Å². The molecule has 0 fully saturated rings. The van der Waals surface area contributed by atoms with Crippen LogP contribution >= 0.6 is 11.6 Å². The van der Waals surface area contributed by atoms with Gasteiger partial charge in [-0.2, -0.15) is 0 Å². The van der Waals surface area contributed by atoms with Gasteiger partial charge in [0.25, 0.3) is 5.91 Å². The van der Waals surface area contributed by atoms with E-state index >= 15 is 0 Å². The summed E-state index contributed by atoms with van der Waals surface area (Å²) in [5.74, 6) is -0.593. The van der Waals surface area contributed by atoms with Crippen molar-refractivity contribution in [1.82, 2.24) is 0 Å². The maximum atomic E-state index is 12.5. The predicted molar refractivity (Wildman–Crippen MR) is 102 cm³/mol. The van der Waals surface area contributed by atoms with E-state index in [1.54, 1.807) is 30.3 Å². The first kappa shape index (κ1) is 20.6. The molecule has 0 aliphatic rings. The van der Waals surface area contributed by atoms with Gasteiger partial charge in [-0.25, -0.2) is 4.79 Å². The van der Waals surface area contributed by atoms with E-state index in [1.165, 1.54) is 19.2 Å². The molecule has 1 unspecified atom stereocenters. The number of methoxy groups -OCH3 is 1. The molecule has 27 heavy (non-hydrogen) atoms. The second kappa shape index (κ2) is 9.28. The average molecular weight is 392 g/mol. The van der Waals surface area contributed by atoms with Crippen molar-refractivity contribution in [2.75, 3.05) is 13.7 Å². The average Bonchev–Trinajstić information content (AvgIpc) is 2.64. The molecule has 7 heteroatoms. The summed E-state index contributed by atoms with van der Waals surface area (Å²) >= 11 is 6.25. The van der Waals surface area contributed by atoms with Gasteiger partial charge in [-0.15, -0.1) is 0 Å². The van der Waals surface area contributed by atoms with Gasteiger partial charge in [0.15, 0.2) is 11.5 Å². The highest BCUT2D eigenvalue weighted by atomic mass is 35.5. The van der Waals surface area contributed by atoms with Crippen LogP contribution in [0.4, 0.5) is 0 Å². The molecule has 0 bridgehead atoms. The van der Waals surface area contributed by atoms with Gasteiger partial charge in [-0.3, -0.25) is 4.79 Å². The van der Waals surface area contributed by atoms with Gasteiger partial charge in [0, 0.05) is 5.56 Å². The maximum Gasteiger partial charge on any atom is 0.339 e. The van der Waals surface area contributed by atoms with E-state index in [1.807, 2.05) is 13.8 Å². The fourth-order valence-electron chi connectivity index (χ4n) is 2.32. The summed E-state index contributed by atoms with van der Waals surface area (Å²) < 4.78 is 16.2. The number of carbonyl (C=O) groups is 2. The third-order valence-corrected chi connectivity index (χ3v) is 3.89. The number of halogens is 1. The number of ether oxygens (including phenoxy) is 3. The molecule has 0 saturated heterocycles. The Morgan fingerprint density at radius 1 is 1.15 bits per heavy atom. The van der Waals surface area contributed by atoms with Crippen LogP contribution in [0.25, 0.3) is 0 Å². The van der Waals surface area contributed by atoms with Crippen molar-refractivity contribution in [3.8, 4) is 11.5 Å². The molecule has 1 amide bonds. The first-order valence-electron chi connectivity index (χ1n) is 8.39. The van der Waals surface area contributed by atoms with Crippen molar-refractivity contribution in [3.05, 3.63) is 58.6 Å². The van der Waals surface area contributed by atoms with Gasteiger partial charge in [0.05, 0.1) is 24.3 Å². The molecule has 0 aromatic heterocycles. The molecule has 2 aromatic rings. The third-order valence-electron chi connectivity index (χ3n) is 3.61. The molecule has 0 radical (unpaired) electrons. The molecule has 0 saturated carbocycles. The van der Waals surface area contributed by atoms with Gasteiger partial charge in [-0.05, 0) is 18.1 Å². The Balaban J connectivity index is 2.27. The fourth-order valence-corrected chi connectivity index (χ4v) is 2.59. The molecule has 0 aliphatic heterocycles. The molecule has 6 nitrogen and oxygen atoms in total. The SMILES string of the molecule is COc1cc(C(=O)OC(C(N)=O)c2ccccc2)cc(Cl)c1OCC(C)C. The summed E-state index contributed by atoms with van der Waals surface area (Å²) in [5, 5.41) is 0.206. The standard InChI is InChI=1S/C20H22ClNO5/c1-12(2)11-26-18-15(21)9-14(10-16(18)25-3)20(24)27-17(19(22)23)13-7-5-4-6-8-13/h4-10,12,17H,11H2,1-3H3,(H2,22,23). The zero-order chi connectivity index (χ0) is 20.0. The Kier molecular flexibility index (Phi) is 7.07. The largest absolute Gasteiger partial charge is 0.493 e. The lowest BCUT2D eigenvalue weighted by atomic mass is 10.1. The molecular formula is C20H22ClNO5. The quantitative estimate of drug-likeness (QED) is 0.692. The Hall–Kier alpha value is -2.73. The van der Waals surface area contributed by atoms with E-state index in [0.717, 1.165) is 0 Å². The second-order valence-corrected chi connectivity index (χ2v) is 6.70. The minimum atomic E-state index is -1.21. The van der Waals surface area contributed by atoms with Crippen LogP contribution in [0.3, 0.4) is 0 Å². The normalized spacial score (nSPS) is 11.7. The van der Waals surface area contributed by atoms with Crippen molar-refractivity contribution in [3.63, 3.8) is 0 Å². The molecular weight excluding hydrogens is 370 g/mol. The van der Waals surface area contributed by atoms with Crippen molar-refractivity contribution in [1.29, 1.82) is 0 Å². The highest BCUT2D eigenvalue weighted by Crippen LogP contribution is 2.37. The van der Waals surface area contributed by atoms with Crippen LogP contribution in [0.15, 0.2) is 42.5 Å². The van der Waals surface area contributed by atoms with Gasteiger partial charge in [0.1, 0.15) is 0 Å². The summed E-state index contributed by atoms with van der Waals surface area (Å²) in [6.45, 7) is 4.44. The smallest absolute Gasteiger partial charge is 0.339 e. The van der Waals surface area contributed by atoms with E-state index in [2.05, 4.69) is 0 Å². The number of hydrogen-bond acceptors (Lipinski definition) is 5. The Bertz CT molecular complexity index is 808. The Morgan fingerprint density at radius 2 is 1.81 bits per heavy atom. The molecule has 2 N–H and O–H groups in total. The number of esters is 1. The van der Waals surface area contributed by atoms with Crippen molar-refractivity contribution in [2.45, 2.75) is 20.0 Å². The van der Waals surface area contributed by atoms with Gasteiger partial charge < -0.3 is 19.9 Å². The molecule has 0 heterocycles. The maximum absolute atomic E-state index is 12.5. The summed E-state index contributed by atoms with van der Waals surface area (Å²) in [6, 6.07) is 11.4. The van der Waals surface area contributed by atoms with Crippen molar-refractivity contribution < 1.29 is 23.8 Å². The minimum Gasteiger partial charge on any atom is -0.493 e. The summed E-state index contributed by atoms with van der Waals surface area (Å²) in [6.07, 6.45) is -1.21. The number of rotatable bonds is 8. The van der Waals surface area contributed by atoms with E-state index in [4.69, 9.17) is 31.5 Å². The van der Waals surface area contributed by atoms with Crippen LogP contribution in [0.5, 0.6) is 11.5 Å². The van der Waals surface area contributed by atoms with Crippen LogP contribution in [0.1, 0.15) is 35.9 Å². The van der Waals surface area contributed by atoms with Gasteiger partial charge in [0.2, 0.25) is 6.10 Å². The second-order valence-electron chi connectivity index (χ2n) is 6.29. The minimum absolute atomic E-state index is 0.121. The fraction of sp³-hybridized carbons (Fsp3) is 0.300. The number of hydrogen-bond donors (Lipinski definition) is 1. The lowest BCUT2D eigenvalue weighted by Crippen LogP contribution is -2.26. The lowest BCUT2D eigenvalue weighted by Gasteiger charge is -2.17. The molecule has 144 valence electrons. The summed E-state index contributed by atoms with van der Waals surface area (Å²) in [7, 11) is 1.44. The third kappa shape index (κ3) is 5.37. The van der Waals surface area contributed by atoms with Crippen LogP contribution < -0.4 is 15.2 Å². The highest BCUT2D eigenvalue weighted by Gasteiger charge is 2.25. The van der Waals surface area contributed by atoms with Crippen molar-refractivity contribution >= 4 is 23.5 Å². The number of amides is 1. The molecule has 0 spiro atoms. The zero-order valence-electron chi connectivity index (χ0n) is 15.4. The summed E-state index contributed by atoms with van der Waals surface area (Å²) in [4.78, 5) is 24.3. The first-order valence-corrected chi connectivity index (χ1v) is 8.76. The van der Waals surface area contributed by atoms with E-state index in [-0.39, 0.29) is 16.5 Å². The van der Waals surface area contributed by atoms with Crippen LogP contribution in [0.2, 0.25) is 5.02 Å². The van der Waals surface area contributed by atoms with Gasteiger partial charge in [-0.1, -0.05) is 55.8 Å². The molecule has 2 rings (SSSR count). The Labute approximate surface area is 163 Å². The lowest BCUT2D eigenvalue weighted by molar-refractivity contribution is -0.127. The number of nitrogens with two attached hydrogens (primary N) is 1. The topological polar surface area (TPSA) is 87.9 Å². The highest BCUT2D eigenvalue weighted by molar-refractivity contribution is 6.32. The zero-order valence-corrected chi connectivity index (χ0v) is 16.2. The monoisotopic (exact) mass is 391 g/mol. The number of benzene rings is 2. The number of carbonyl (C=O) groups excluding carboxylic acids is 2. The van der Waals surface area contributed by atoms with Crippen LogP contribution in [-0.4, -0.2) is 25.6 Å². The predicted octanol–water partition coefficient (Wildman–Crippen LogP) is 3.77. The molecule has 1 atom stereocenters. The Morgan fingerprint density at radius 3 is 2.37 bits per heavy atom. The van der Waals surface area contributed by atoms with E-state index < -0.39 is 18.0 Å².